The van der Waals surface area contributed by atoms with Crippen LogP contribution in [0.15, 0.2) is 71.6 Å². The third-order valence-corrected chi connectivity index (χ3v) is 6.08. The average Bonchev–Trinajstić information content (AvgIpc) is 2.70. The molecule has 0 atom stereocenters. The summed E-state index contributed by atoms with van der Waals surface area (Å²) in [6.07, 6.45) is 0. The lowest BCUT2D eigenvalue weighted by Gasteiger charge is -2.13. The molecule has 3 aromatic rings. The monoisotopic (exact) mass is 464 g/mol. The Morgan fingerprint density at radius 1 is 0.967 bits per heavy atom. The lowest BCUT2D eigenvalue weighted by molar-refractivity contribution is -0.118. The summed E-state index contributed by atoms with van der Waals surface area (Å²) >= 11 is 12.1. The highest BCUT2D eigenvalue weighted by atomic mass is 35.5. The van der Waals surface area contributed by atoms with E-state index < -0.39 is 15.9 Å². The predicted molar refractivity (Wildman–Crippen MR) is 119 cm³/mol. The smallest absolute Gasteiger partial charge is 0.262 e. The van der Waals surface area contributed by atoms with Gasteiger partial charge in [-0.1, -0.05) is 47.5 Å². The molecule has 156 valence electrons. The summed E-state index contributed by atoms with van der Waals surface area (Å²) in [4.78, 5) is 12.3. The van der Waals surface area contributed by atoms with Gasteiger partial charge in [-0.25, -0.2) is 8.42 Å². The molecule has 0 aromatic heterocycles. The van der Waals surface area contributed by atoms with Gasteiger partial charge in [-0.15, -0.1) is 0 Å². The molecular weight excluding hydrogens is 447 g/mol. The maximum atomic E-state index is 12.6. The van der Waals surface area contributed by atoms with Gasteiger partial charge in [-0.3, -0.25) is 9.52 Å². The van der Waals surface area contributed by atoms with Crippen LogP contribution < -0.4 is 14.8 Å². The highest BCUT2D eigenvalue weighted by Gasteiger charge is 2.16. The molecule has 2 N–H and O–H groups in total. The van der Waals surface area contributed by atoms with Crippen molar-refractivity contribution in [3.63, 3.8) is 0 Å². The quantitative estimate of drug-likeness (QED) is 0.507. The van der Waals surface area contributed by atoms with Gasteiger partial charge in [0.25, 0.3) is 15.9 Å². The molecule has 0 saturated heterocycles. The Kier molecular flexibility index (Phi) is 6.87. The van der Waals surface area contributed by atoms with Crippen molar-refractivity contribution in [2.24, 2.45) is 0 Å². The standard InChI is InChI=1S/C21H18Cl2N2O4S/c1-14-12-16(30(27,28)25-15-6-3-2-4-7-15)10-11-19(14)29-13-20(26)24-21-17(22)8-5-9-18(21)23/h2-12,25H,13H2,1H3,(H,24,26). The predicted octanol–water partition coefficient (Wildman–Crippen LogP) is 5.12. The molecule has 0 aliphatic heterocycles. The summed E-state index contributed by atoms with van der Waals surface area (Å²) in [6, 6.07) is 17.9. The number of anilines is 2. The summed E-state index contributed by atoms with van der Waals surface area (Å²) in [5.41, 5.74) is 1.33. The Morgan fingerprint density at radius 2 is 1.63 bits per heavy atom. The van der Waals surface area contributed by atoms with E-state index in [-0.39, 0.29) is 11.5 Å². The summed E-state index contributed by atoms with van der Waals surface area (Å²) in [5, 5.41) is 3.22. The number of carbonyl (C=O) groups excluding carboxylic acids is 1. The Hall–Kier alpha value is -2.74. The van der Waals surface area contributed by atoms with Crippen molar-refractivity contribution in [2.45, 2.75) is 11.8 Å². The molecule has 0 heterocycles. The van der Waals surface area contributed by atoms with Crippen molar-refractivity contribution in [1.82, 2.24) is 0 Å². The first kappa shape index (κ1) is 22.0. The van der Waals surface area contributed by atoms with E-state index in [1.807, 2.05) is 0 Å². The topological polar surface area (TPSA) is 84.5 Å². The van der Waals surface area contributed by atoms with E-state index >= 15 is 0 Å². The molecule has 9 heteroatoms. The highest BCUT2D eigenvalue weighted by Crippen LogP contribution is 2.30. The molecule has 6 nitrogen and oxygen atoms in total. The van der Waals surface area contributed by atoms with E-state index in [0.29, 0.717) is 32.7 Å². The molecule has 0 radical (unpaired) electrons. The number of sulfonamides is 1. The first-order valence-corrected chi connectivity index (χ1v) is 11.1. The van der Waals surface area contributed by atoms with Gasteiger partial charge in [0.1, 0.15) is 5.75 Å². The lowest BCUT2D eigenvalue weighted by atomic mass is 10.2. The molecule has 1 amide bonds. The zero-order valence-electron chi connectivity index (χ0n) is 15.9. The second-order valence-corrected chi connectivity index (χ2v) is 8.83. The fraction of sp³-hybridized carbons (Fsp3) is 0.0952. The summed E-state index contributed by atoms with van der Waals surface area (Å²) in [6.45, 7) is 1.40. The minimum absolute atomic E-state index is 0.0866. The van der Waals surface area contributed by atoms with Crippen LogP contribution in [0.2, 0.25) is 10.0 Å². The van der Waals surface area contributed by atoms with Gasteiger partial charge in [0.05, 0.1) is 20.6 Å². The van der Waals surface area contributed by atoms with E-state index in [4.69, 9.17) is 27.9 Å². The van der Waals surface area contributed by atoms with E-state index in [1.165, 1.54) is 18.2 Å². The van der Waals surface area contributed by atoms with Gasteiger partial charge in [-0.2, -0.15) is 0 Å². The molecule has 0 unspecified atom stereocenters. The number of ether oxygens (including phenoxy) is 1. The van der Waals surface area contributed by atoms with E-state index in [1.54, 1.807) is 55.5 Å². The maximum Gasteiger partial charge on any atom is 0.262 e. The second kappa shape index (κ2) is 9.38. The van der Waals surface area contributed by atoms with Crippen molar-refractivity contribution in [1.29, 1.82) is 0 Å². The number of halogens is 2. The van der Waals surface area contributed by atoms with Crippen molar-refractivity contribution in [2.75, 3.05) is 16.6 Å². The third-order valence-electron chi connectivity index (χ3n) is 4.07. The zero-order valence-corrected chi connectivity index (χ0v) is 18.2. The molecule has 0 saturated carbocycles. The maximum absolute atomic E-state index is 12.6. The van der Waals surface area contributed by atoms with Crippen LogP contribution in [0.1, 0.15) is 5.56 Å². The van der Waals surface area contributed by atoms with E-state index in [2.05, 4.69) is 10.0 Å². The molecule has 0 aliphatic carbocycles. The van der Waals surface area contributed by atoms with Crippen molar-refractivity contribution in [3.05, 3.63) is 82.3 Å². The van der Waals surface area contributed by atoms with E-state index in [0.717, 1.165) is 0 Å². The van der Waals surface area contributed by atoms with Gasteiger partial charge in [0, 0.05) is 5.69 Å². The van der Waals surface area contributed by atoms with Gasteiger partial charge >= 0.3 is 0 Å². The van der Waals surface area contributed by atoms with Crippen LogP contribution in [-0.2, 0) is 14.8 Å². The number of para-hydroxylation sites is 2. The summed E-state index contributed by atoms with van der Waals surface area (Å²) in [7, 11) is -3.75. The van der Waals surface area contributed by atoms with Gasteiger partial charge in [-0.05, 0) is 55.0 Å². The van der Waals surface area contributed by atoms with Crippen LogP contribution >= 0.6 is 23.2 Å². The Bertz CT molecular complexity index is 1150. The normalized spacial score (nSPS) is 11.0. The number of rotatable bonds is 7. The van der Waals surface area contributed by atoms with Crippen LogP contribution in [0.25, 0.3) is 0 Å². The first-order valence-electron chi connectivity index (χ1n) is 8.81. The summed E-state index contributed by atoms with van der Waals surface area (Å²) in [5.74, 6) is -0.0686. The number of nitrogens with one attached hydrogen (secondary N) is 2. The average molecular weight is 465 g/mol. The minimum atomic E-state index is -3.75. The van der Waals surface area contributed by atoms with Crippen molar-refractivity contribution < 1.29 is 17.9 Å². The van der Waals surface area contributed by atoms with Gasteiger partial charge in [0.2, 0.25) is 0 Å². The summed E-state index contributed by atoms with van der Waals surface area (Å²) < 4.78 is 33.1. The zero-order chi connectivity index (χ0) is 21.7. The van der Waals surface area contributed by atoms with E-state index in [9.17, 15) is 13.2 Å². The molecule has 0 fully saturated rings. The number of hydrogen-bond acceptors (Lipinski definition) is 4. The largest absolute Gasteiger partial charge is 0.483 e. The lowest BCUT2D eigenvalue weighted by Crippen LogP contribution is -2.21. The Morgan fingerprint density at radius 3 is 2.27 bits per heavy atom. The van der Waals surface area contributed by atoms with Crippen molar-refractivity contribution >= 4 is 50.5 Å². The van der Waals surface area contributed by atoms with Gasteiger partial charge in [0.15, 0.2) is 6.61 Å². The van der Waals surface area contributed by atoms with Crippen LogP contribution in [-0.4, -0.2) is 20.9 Å². The van der Waals surface area contributed by atoms with Gasteiger partial charge < -0.3 is 10.1 Å². The number of carbonyl (C=O) groups is 1. The fourth-order valence-electron chi connectivity index (χ4n) is 2.61. The third kappa shape index (κ3) is 5.44. The SMILES string of the molecule is Cc1cc(S(=O)(=O)Nc2ccccc2)ccc1OCC(=O)Nc1c(Cl)cccc1Cl. The molecule has 3 rings (SSSR count). The first-order chi connectivity index (χ1) is 14.3. The van der Waals surface area contributed by atoms with Crippen molar-refractivity contribution in [3.8, 4) is 5.75 Å². The van der Waals surface area contributed by atoms with Crippen LogP contribution in [0.5, 0.6) is 5.75 Å². The molecule has 30 heavy (non-hydrogen) atoms. The van der Waals surface area contributed by atoms with Crippen LogP contribution in [0.3, 0.4) is 0 Å². The highest BCUT2D eigenvalue weighted by molar-refractivity contribution is 7.92. The second-order valence-electron chi connectivity index (χ2n) is 6.33. The number of aryl methyl sites for hydroxylation is 1. The van der Waals surface area contributed by atoms with Crippen LogP contribution in [0, 0.1) is 6.92 Å². The minimum Gasteiger partial charge on any atom is -0.483 e. The molecular formula is C21H18Cl2N2O4S. The number of benzene rings is 3. The molecule has 0 bridgehead atoms. The number of hydrogen-bond donors (Lipinski definition) is 2. The molecule has 0 aliphatic rings. The Labute approximate surface area is 184 Å². The number of amides is 1. The molecule has 0 spiro atoms. The van der Waals surface area contributed by atoms with Crippen LogP contribution in [0.4, 0.5) is 11.4 Å². The fourth-order valence-corrected chi connectivity index (χ4v) is 4.24. The molecule has 3 aromatic carbocycles. The Balaban J connectivity index is 1.66.